The van der Waals surface area contributed by atoms with Crippen LogP contribution < -0.4 is 4.74 Å². The molecule has 0 N–H and O–H groups in total. The first kappa shape index (κ1) is 15.7. The summed E-state index contributed by atoms with van der Waals surface area (Å²) in [5, 5.41) is 0. The number of ketones is 1. The van der Waals surface area contributed by atoms with E-state index < -0.39 is 0 Å². The molecule has 0 unspecified atom stereocenters. The number of hydrogen-bond donors (Lipinski definition) is 0. The molecule has 0 amide bonds. The van der Waals surface area contributed by atoms with E-state index in [1.807, 2.05) is 19.1 Å². The lowest BCUT2D eigenvalue weighted by Gasteiger charge is -2.08. The van der Waals surface area contributed by atoms with Gasteiger partial charge < -0.3 is 9.47 Å². The van der Waals surface area contributed by atoms with Gasteiger partial charge in [0.15, 0.2) is 5.78 Å². The summed E-state index contributed by atoms with van der Waals surface area (Å²) < 4.78 is 11.1. The van der Waals surface area contributed by atoms with Crippen LogP contribution in [0, 0.1) is 6.92 Å². The van der Waals surface area contributed by atoms with E-state index in [0.717, 1.165) is 10.0 Å². The van der Waals surface area contributed by atoms with Crippen LogP contribution in [0.5, 0.6) is 5.75 Å². The summed E-state index contributed by atoms with van der Waals surface area (Å²) in [4.78, 5) is 22.7. The molecule has 0 aliphatic heterocycles. The fourth-order valence-electron chi connectivity index (χ4n) is 1.48. The first-order chi connectivity index (χ1) is 9.02. The fourth-order valence-corrected chi connectivity index (χ4v) is 1.96. The molecule has 1 aromatic rings. The zero-order chi connectivity index (χ0) is 14.3. The number of ether oxygens (including phenoxy) is 2. The fraction of sp³-hybridized carbons (Fsp3) is 0.429. The highest BCUT2D eigenvalue weighted by Crippen LogP contribution is 2.22. The van der Waals surface area contributed by atoms with Gasteiger partial charge in [0.05, 0.1) is 13.0 Å². The number of carbonyl (C=O) groups excluding carboxylic acids is 2. The number of halogens is 1. The van der Waals surface area contributed by atoms with Crippen LogP contribution >= 0.6 is 15.9 Å². The zero-order valence-electron chi connectivity index (χ0n) is 11.1. The Morgan fingerprint density at radius 1 is 1.26 bits per heavy atom. The maximum absolute atomic E-state index is 11.6. The van der Waals surface area contributed by atoms with Crippen LogP contribution in [0.3, 0.4) is 0 Å². The van der Waals surface area contributed by atoms with Crippen molar-refractivity contribution < 1.29 is 19.1 Å². The highest BCUT2D eigenvalue weighted by atomic mass is 79.9. The van der Waals surface area contributed by atoms with Crippen LogP contribution in [0.25, 0.3) is 0 Å². The standard InChI is InChI=1S/C14H17BrO4/c1-3-18-14(17)7-5-12(16)9-19-13-6-4-11(15)8-10(13)2/h4,6,8H,3,5,7,9H2,1-2H3. The lowest BCUT2D eigenvalue weighted by atomic mass is 10.2. The smallest absolute Gasteiger partial charge is 0.306 e. The molecule has 4 nitrogen and oxygen atoms in total. The summed E-state index contributed by atoms with van der Waals surface area (Å²) in [6, 6.07) is 5.57. The molecular weight excluding hydrogens is 312 g/mol. The Labute approximate surface area is 121 Å². The molecule has 0 aliphatic carbocycles. The van der Waals surface area contributed by atoms with E-state index in [2.05, 4.69) is 15.9 Å². The monoisotopic (exact) mass is 328 g/mol. The molecular formula is C14H17BrO4. The molecule has 1 aromatic carbocycles. The molecule has 19 heavy (non-hydrogen) atoms. The Morgan fingerprint density at radius 3 is 2.63 bits per heavy atom. The van der Waals surface area contributed by atoms with E-state index in [9.17, 15) is 9.59 Å². The normalized spacial score (nSPS) is 10.1. The van der Waals surface area contributed by atoms with Crippen LogP contribution in [-0.2, 0) is 14.3 Å². The summed E-state index contributed by atoms with van der Waals surface area (Å²) >= 11 is 3.36. The number of Topliss-reactive ketones (excluding diaryl/α,β-unsaturated/α-hetero) is 1. The minimum absolute atomic E-state index is 0.0259. The molecule has 0 aliphatic rings. The largest absolute Gasteiger partial charge is 0.486 e. The minimum atomic E-state index is -0.351. The molecule has 104 valence electrons. The van der Waals surface area contributed by atoms with Crippen LogP contribution in [0.15, 0.2) is 22.7 Å². The average Bonchev–Trinajstić information content (AvgIpc) is 2.35. The van der Waals surface area contributed by atoms with Crippen LogP contribution in [0.4, 0.5) is 0 Å². The molecule has 1 rings (SSSR count). The van der Waals surface area contributed by atoms with E-state index in [1.54, 1.807) is 13.0 Å². The Morgan fingerprint density at radius 2 is 2.00 bits per heavy atom. The van der Waals surface area contributed by atoms with Crippen molar-refractivity contribution in [3.63, 3.8) is 0 Å². The van der Waals surface area contributed by atoms with Gasteiger partial charge in [0.2, 0.25) is 0 Å². The third-order valence-corrected chi connectivity index (χ3v) is 2.93. The third-order valence-electron chi connectivity index (χ3n) is 2.44. The quantitative estimate of drug-likeness (QED) is 0.722. The SMILES string of the molecule is CCOC(=O)CCC(=O)COc1ccc(Br)cc1C. The molecule has 0 spiro atoms. The van der Waals surface area contributed by atoms with Gasteiger partial charge in [0.25, 0.3) is 0 Å². The van der Waals surface area contributed by atoms with Crippen molar-refractivity contribution in [2.24, 2.45) is 0 Å². The molecule has 0 bridgehead atoms. The number of benzene rings is 1. The van der Waals surface area contributed by atoms with Crippen molar-refractivity contribution in [1.82, 2.24) is 0 Å². The highest BCUT2D eigenvalue weighted by molar-refractivity contribution is 9.10. The summed E-state index contributed by atoms with van der Waals surface area (Å²) in [5.41, 5.74) is 0.951. The molecule has 0 radical (unpaired) electrons. The molecule has 5 heteroatoms. The predicted octanol–water partition coefficient (Wildman–Crippen LogP) is 3.05. The van der Waals surface area contributed by atoms with Gasteiger partial charge in [-0.1, -0.05) is 15.9 Å². The molecule has 0 heterocycles. The van der Waals surface area contributed by atoms with Crippen molar-refractivity contribution in [3.05, 3.63) is 28.2 Å². The second-order valence-electron chi connectivity index (χ2n) is 4.04. The third kappa shape index (κ3) is 5.87. The summed E-state index contributed by atoms with van der Waals surface area (Å²) in [6.45, 7) is 3.95. The number of carbonyl (C=O) groups is 2. The van der Waals surface area contributed by atoms with Crippen LogP contribution in [0.2, 0.25) is 0 Å². The molecule has 0 saturated carbocycles. The Hall–Kier alpha value is -1.36. The van der Waals surface area contributed by atoms with Gasteiger partial charge in [-0.05, 0) is 37.6 Å². The first-order valence-corrected chi connectivity index (χ1v) is 6.88. The van der Waals surface area contributed by atoms with Crippen molar-refractivity contribution in [1.29, 1.82) is 0 Å². The Balaban J connectivity index is 2.36. The van der Waals surface area contributed by atoms with E-state index in [0.29, 0.717) is 12.4 Å². The topological polar surface area (TPSA) is 52.6 Å². The summed E-state index contributed by atoms with van der Waals surface area (Å²) in [6.07, 6.45) is 0.254. The molecule has 0 aromatic heterocycles. The van der Waals surface area contributed by atoms with Crippen molar-refractivity contribution in [3.8, 4) is 5.75 Å². The highest BCUT2D eigenvalue weighted by Gasteiger charge is 2.09. The Bertz CT molecular complexity index is 457. The average molecular weight is 329 g/mol. The maximum atomic E-state index is 11.6. The van der Waals surface area contributed by atoms with E-state index in [-0.39, 0.29) is 31.2 Å². The summed E-state index contributed by atoms with van der Waals surface area (Å²) in [5.74, 6) is 0.207. The van der Waals surface area contributed by atoms with Gasteiger partial charge in [-0.25, -0.2) is 0 Å². The van der Waals surface area contributed by atoms with Gasteiger partial charge in [0, 0.05) is 10.9 Å². The van der Waals surface area contributed by atoms with Crippen molar-refractivity contribution >= 4 is 27.7 Å². The van der Waals surface area contributed by atoms with Crippen LogP contribution in [-0.4, -0.2) is 25.0 Å². The lowest BCUT2D eigenvalue weighted by Crippen LogP contribution is -2.14. The number of esters is 1. The van der Waals surface area contributed by atoms with Gasteiger partial charge in [-0.3, -0.25) is 9.59 Å². The maximum Gasteiger partial charge on any atom is 0.306 e. The van der Waals surface area contributed by atoms with E-state index in [4.69, 9.17) is 9.47 Å². The van der Waals surface area contributed by atoms with E-state index >= 15 is 0 Å². The molecule has 0 fully saturated rings. The van der Waals surface area contributed by atoms with Crippen LogP contribution in [0.1, 0.15) is 25.3 Å². The predicted molar refractivity (Wildman–Crippen MR) is 75.2 cm³/mol. The van der Waals surface area contributed by atoms with Crippen molar-refractivity contribution in [2.45, 2.75) is 26.7 Å². The Kier molecular flexibility index (Phi) is 6.56. The van der Waals surface area contributed by atoms with Crippen molar-refractivity contribution in [2.75, 3.05) is 13.2 Å². The van der Waals surface area contributed by atoms with E-state index in [1.165, 1.54) is 0 Å². The minimum Gasteiger partial charge on any atom is -0.486 e. The number of aryl methyl sites for hydroxylation is 1. The van der Waals surface area contributed by atoms with Gasteiger partial charge >= 0.3 is 5.97 Å². The number of hydrogen-bond acceptors (Lipinski definition) is 4. The molecule has 0 atom stereocenters. The lowest BCUT2D eigenvalue weighted by molar-refractivity contribution is -0.144. The van der Waals surface area contributed by atoms with Gasteiger partial charge in [-0.15, -0.1) is 0 Å². The summed E-state index contributed by atoms with van der Waals surface area (Å²) in [7, 11) is 0. The number of rotatable bonds is 7. The van der Waals surface area contributed by atoms with Gasteiger partial charge in [0.1, 0.15) is 12.4 Å². The first-order valence-electron chi connectivity index (χ1n) is 6.09. The zero-order valence-corrected chi connectivity index (χ0v) is 12.7. The molecule has 0 saturated heterocycles. The van der Waals surface area contributed by atoms with Gasteiger partial charge in [-0.2, -0.15) is 0 Å². The second-order valence-corrected chi connectivity index (χ2v) is 4.96. The second kappa shape index (κ2) is 7.94.